The van der Waals surface area contributed by atoms with E-state index in [0.29, 0.717) is 11.8 Å². The van der Waals surface area contributed by atoms with Crippen molar-refractivity contribution in [3.05, 3.63) is 60.2 Å². The topological polar surface area (TPSA) is 29.5 Å². The van der Waals surface area contributed by atoms with Gasteiger partial charge in [-0.15, -0.1) is 0 Å². The van der Waals surface area contributed by atoms with E-state index in [-0.39, 0.29) is 5.41 Å². The van der Waals surface area contributed by atoms with Crippen molar-refractivity contribution in [2.75, 3.05) is 5.75 Å². The third kappa shape index (κ3) is 3.16. The molecule has 2 nitrogen and oxygen atoms in total. The second kappa shape index (κ2) is 6.94. The Kier molecular flexibility index (Phi) is 4.79. The Bertz CT molecular complexity index is 758. The molecule has 0 aromatic heterocycles. The zero-order valence-corrected chi connectivity index (χ0v) is 16.5. The molecule has 0 amide bonds. The molecule has 0 radical (unpaired) electrons. The summed E-state index contributed by atoms with van der Waals surface area (Å²) in [4.78, 5) is 0. The van der Waals surface area contributed by atoms with Crippen molar-refractivity contribution in [2.45, 2.75) is 44.5 Å². The van der Waals surface area contributed by atoms with Crippen LogP contribution in [-0.4, -0.2) is 16.5 Å². The summed E-state index contributed by atoms with van der Waals surface area (Å²) in [5.41, 5.74) is 0.771. The number of rotatable bonds is 6. The van der Waals surface area contributed by atoms with Gasteiger partial charge >= 0.3 is 0 Å². The molecule has 3 heteroatoms. The number of thioether (sulfide) groups is 1. The van der Waals surface area contributed by atoms with E-state index in [1.807, 2.05) is 54.2 Å². The van der Waals surface area contributed by atoms with Crippen molar-refractivity contribution < 1.29 is 9.84 Å². The van der Waals surface area contributed by atoms with E-state index < -0.39 is 5.60 Å². The Hall–Kier alpha value is -1.45. The summed E-state index contributed by atoms with van der Waals surface area (Å²) in [5.74, 6) is 4.64. The predicted octanol–water partition coefficient (Wildman–Crippen LogP) is 5.90. The highest BCUT2D eigenvalue weighted by atomic mass is 32.2. The molecule has 0 aliphatic heterocycles. The Morgan fingerprint density at radius 3 is 2.46 bits per heavy atom. The van der Waals surface area contributed by atoms with E-state index in [9.17, 15) is 5.11 Å². The van der Waals surface area contributed by atoms with Gasteiger partial charge in [-0.1, -0.05) is 44.2 Å². The van der Waals surface area contributed by atoms with Crippen molar-refractivity contribution in [3.63, 3.8) is 0 Å². The number of para-hydroxylation sites is 1. The van der Waals surface area contributed by atoms with Gasteiger partial charge in [-0.25, -0.2) is 0 Å². The molecule has 2 saturated carbocycles. The smallest absolute Gasteiger partial charge is 0.127 e. The minimum Gasteiger partial charge on any atom is -0.457 e. The fourth-order valence-corrected chi connectivity index (χ4v) is 6.34. The second-order valence-corrected chi connectivity index (χ2v) is 9.39. The van der Waals surface area contributed by atoms with Gasteiger partial charge in [0.05, 0.1) is 5.60 Å². The molecular formula is C23H28O2S. The first-order chi connectivity index (χ1) is 12.5. The summed E-state index contributed by atoms with van der Waals surface area (Å²) >= 11 is 1.85. The molecule has 0 saturated heterocycles. The van der Waals surface area contributed by atoms with E-state index in [1.54, 1.807) is 0 Å². The van der Waals surface area contributed by atoms with Gasteiger partial charge in [-0.3, -0.25) is 0 Å². The van der Waals surface area contributed by atoms with Crippen LogP contribution in [0.1, 0.15) is 38.7 Å². The lowest BCUT2D eigenvalue weighted by molar-refractivity contribution is -0.0862. The van der Waals surface area contributed by atoms with Gasteiger partial charge in [0.25, 0.3) is 0 Å². The molecule has 1 N–H and O–H groups in total. The van der Waals surface area contributed by atoms with E-state index in [4.69, 9.17) is 4.74 Å². The van der Waals surface area contributed by atoms with Crippen LogP contribution in [-0.2, 0) is 5.75 Å². The first kappa shape index (κ1) is 17.9. The van der Waals surface area contributed by atoms with Crippen LogP contribution in [0.2, 0.25) is 0 Å². The van der Waals surface area contributed by atoms with Crippen LogP contribution in [0, 0.1) is 17.3 Å². The van der Waals surface area contributed by atoms with Crippen molar-refractivity contribution >= 4 is 11.8 Å². The van der Waals surface area contributed by atoms with E-state index >= 15 is 0 Å². The molecule has 138 valence electrons. The Balaban J connectivity index is 1.37. The summed E-state index contributed by atoms with van der Waals surface area (Å²) in [7, 11) is 0. The lowest BCUT2D eigenvalue weighted by atomic mass is 9.66. The molecule has 2 aliphatic carbocycles. The van der Waals surface area contributed by atoms with E-state index in [0.717, 1.165) is 23.0 Å². The van der Waals surface area contributed by atoms with Crippen molar-refractivity contribution in [2.24, 2.45) is 17.3 Å². The highest BCUT2D eigenvalue weighted by Crippen LogP contribution is 2.62. The summed E-state index contributed by atoms with van der Waals surface area (Å²) in [6, 6.07) is 18.2. The molecular weight excluding hydrogens is 340 g/mol. The zero-order chi connectivity index (χ0) is 18.2. The van der Waals surface area contributed by atoms with Crippen LogP contribution >= 0.6 is 11.8 Å². The fourth-order valence-electron chi connectivity index (χ4n) is 4.90. The van der Waals surface area contributed by atoms with Crippen molar-refractivity contribution in [1.82, 2.24) is 0 Å². The van der Waals surface area contributed by atoms with Crippen LogP contribution in [0.3, 0.4) is 0 Å². The third-order valence-electron chi connectivity index (χ3n) is 6.71. The maximum Gasteiger partial charge on any atom is 0.127 e. The highest BCUT2D eigenvalue weighted by molar-refractivity contribution is 7.98. The van der Waals surface area contributed by atoms with Crippen LogP contribution in [0.5, 0.6) is 11.5 Å². The van der Waals surface area contributed by atoms with Gasteiger partial charge in [0.15, 0.2) is 0 Å². The Morgan fingerprint density at radius 1 is 1.00 bits per heavy atom. The summed E-state index contributed by atoms with van der Waals surface area (Å²) in [5, 5.41) is 11.4. The molecule has 3 atom stereocenters. The molecule has 2 unspecified atom stereocenters. The molecule has 4 rings (SSSR count). The number of ether oxygens (including phenoxy) is 1. The highest BCUT2D eigenvalue weighted by Gasteiger charge is 2.61. The van der Waals surface area contributed by atoms with E-state index in [1.165, 1.54) is 24.8 Å². The number of hydrogen-bond donors (Lipinski definition) is 1. The Labute approximate surface area is 161 Å². The van der Waals surface area contributed by atoms with Gasteiger partial charge in [0, 0.05) is 11.5 Å². The SMILES string of the molecule is CC1(C)C2CCC(C2)[C@@]1(O)CSCc1cccc(Oc2ccccc2)c1. The Morgan fingerprint density at radius 2 is 1.73 bits per heavy atom. The minimum atomic E-state index is -0.515. The molecule has 2 aromatic rings. The summed E-state index contributed by atoms with van der Waals surface area (Å²) in [6.07, 6.45) is 3.71. The standard InChI is InChI=1S/C23H28O2S/c1-22(2)18-11-12-19(14-18)23(22,24)16-26-15-17-7-6-10-21(13-17)25-20-8-4-3-5-9-20/h3-10,13,18-19,24H,11-12,14-16H2,1-2H3/t18?,19?,23-/m0/s1. The zero-order valence-electron chi connectivity index (χ0n) is 15.7. The van der Waals surface area contributed by atoms with Gasteiger partial charge in [0.1, 0.15) is 11.5 Å². The van der Waals surface area contributed by atoms with Crippen LogP contribution in [0.25, 0.3) is 0 Å². The quantitative estimate of drug-likeness (QED) is 0.688. The molecule has 2 bridgehead atoms. The average molecular weight is 369 g/mol. The number of benzene rings is 2. The van der Waals surface area contributed by atoms with Gasteiger partial charge < -0.3 is 9.84 Å². The first-order valence-corrected chi connectivity index (χ1v) is 10.8. The predicted molar refractivity (Wildman–Crippen MR) is 109 cm³/mol. The van der Waals surface area contributed by atoms with Gasteiger partial charge in [-0.2, -0.15) is 11.8 Å². The largest absolute Gasteiger partial charge is 0.457 e. The number of aliphatic hydroxyl groups is 1. The number of fused-ring (bicyclic) bond motifs is 2. The molecule has 0 spiro atoms. The summed E-state index contributed by atoms with van der Waals surface area (Å²) in [6.45, 7) is 4.54. The third-order valence-corrected chi connectivity index (χ3v) is 7.89. The molecule has 2 aliphatic rings. The second-order valence-electron chi connectivity index (χ2n) is 8.41. The molecule has 2 fully saturated rings. The average Bonchev–Trinajstić information content (AvgIpc) is 3.19. The van der Waals surface area contributed by atoms with E-state index in [2.05, 4.69) is 26.0 Å². The lowest BCUT2D eigenvalue weighted by Gasteiger charge is -2.46. The summed E-state index contributed by atoms with van der Waals surface area (Å²) < 4.78 is 5.93. The van der Waals surface area contributed by atoms with Crippen molar-refractivity contribution in [3.8, 4) is 11.5 Å². The van der Waals surface area contributed by atoms with Crippen LogP contribution in [0.15, 0.2) is 54.6 Å². The molecule has 26 heavy (non-hydrogen) atoms. The van der Waals surface area contributed by atoms with Crippen LogP contribution in [0.4, 0.5) is 0 Å². The van der Waals surface area contributed by atoms with Gasteiger partial charge in [0.2, 0.25) is 0 Å². The first-order valence-electron chi connectivity index (χ1n) is 9.61. The van der Waals surface area contributed by atoms with Crippen molar-refractivity contribution in [1.29, 1.82) is 0 Å². The molecule has 2 aromatic carbocycles. The lowest BCUT2D eigenvalue weighted by Crippen LogP contribution is -2.51. The monoisotopic (exact) mass is 368 g/mol. The normalized spacial score (nSPS) is 29.0. The maximum absolute atomic E-state index is 11.4. The minimum absolute atomic E-state index is 0.0428. The number of hydrogen-bond acceptors (Lipinski definition) is 3. The molecule has 0 heterocycles. The fraction of sp³-hybridized carbons (Fsp3) is 0.478. The maximum atomic E-state index is 11.4. The van der Waals surface area contributed by atoms with Crippen LogP contribution < -0.4 is 4.74 Å². The van der Waals surface area contributed by atoms with Gasteiger partial charge in [-0.05, 0) is 66.3 Å².